The molecule has 4 rings (SSSR count). The molecular formula is C19H20O6. The third kappa shape index (κ3) is 1.84. The summed E-state index contributed by atoms with van der Waals surface area (Å²) in [5.41, 5.74) is -2.41. The standard InChI is InChI=1S/C19H20O6/c1-3-6-18-8-12(20)16(21)19(23,17(18)22)15(10(18)2)11-4-5-13-14(7-11)25-9-24-13/h3-5,7-8,10,15,17,20,22-23H,1,6,9H2,2H3/t10-,15+,17?,18-,19+/m1/s1. The molecule has 0 amide bonds. The lowest BCUT2D eigenvalue weighted by molar-refractivity contribution is -0.154. The van der Waals surface area contributed by atoms with E-state index in [1.807, 2.05) is 6.92 Å². The number of Topliss-reactive ketones (excluding diaryl/α,β-unsaturated/α-hetero) is 1. The Balaban J connectivity index is 1.89. The molecule has 1 aromatic carbocycles. The maximum atomic E-state index is 12.6. The summed E-state index contributed by atoms with van der Waals surface area (Å²) in [7, 11) is 0. The molecule has 0 radical (unpaired) electrons. The summed E-state index contributed by atoms with van der Waals surface area (Å²) in [5.74, 6) is -1.26. The van der Waals surface area contributed by atoms with Crippen LogP contribution in [-0.2, 0) is 4.79 Å². The van der Waals surface area contributed by atoms with Crippen LogP contribution in [0, 0.1) is 11.3 Å². The summed E-state index contributed by atoms with van der Waals surface area (Å²) in [6.07, 6.45) is 2.00. The van der Waals surface area contributed by atoms with Crippen molar-refractivity contribution < 1.29 is 29.6 Å². The van der Waals surface area contributed by atoms with Gasteiger partial charge in [-0.25, -0.2) is 0 Å². The Labute approximate surface area is 145 Å². The molecule has 0 spiro atoms. The molecular weight excluding hydrogens is 324 g/mol. The number of benzene rings is 1. The molecule has 132 valence electrons. The Morgan fingerprint density at radius 2 is 2.08 bits per heavy atom. The number of hydrogen-bond acceptors (Lipinski definition) is 6. The second-order valence-electron chi connectivity index (χ2n) is 7.07. The highest BCUT2D eigenvalue weighted by atomic mass is 16.7. The molecule has 1 aromatic rings. The maximum absolute atomic E-state index is 12.6. The highest BCUT2D eigenvalue weighted by Crippen LogP contribution is 2.62. The fraction of sp³-hybridized carbons (Fsp3) is 0.421. The van der Waals surface area contributed by atoms with Crippen molar-refractivity contribution in [3.8, 4) is 11.5 Å². The molecule has 3 N–H and O–H groups in total. The Morgan fingerprint density at radius 1 is 1.36 bits per heavy atom. The minimum Gasteiger partial charge on any atom is -0.505 e. The minimum absolute atomic E-state index is 0.119. The number of allylic oxidation sites excluding steroid dienone is 1. The topological polar surface area (TPSA) is 96.2 Å². The van der Waals surface area contributed by atoms with Crippen LogP contribution in [0.15, 0.2) is 42.7 Å². The van der Waals surface area contributed by atoms with Gasteiger partial charge in [-0.2, -0.15) is 0 Å². The molecule has 1 saturated carbocycles. The van der Waals surface area contributed by atoms with Crippen molar-refractivity contribution in [3.63, 3.8) is 0 Å². The molecule has 5 atom stereocenters. The lowest BCUT2D eigenvalue weighted by atomic mass is 9.70. The first-order chi connectivity index (χ1) is 11.9. The zero-order valence-electron chi connectivity index (χ0n) is 13.8. The quantitative estimate of drug-likeness (QED) is 0.724. The van der Waals surface area contributed by atoms with E-state index in [4.69, 9.17) is 9.47 Å². The summed E-state index contributed by atoms with van der Waals surface area (Å²) < 4.78 is 10.7. The van der Waals surface area contributed by atoms with Crippen LogP contribution in [0.2, 0.25) is 0 Å². The van der Waals surface area contributed by atoms with Gasteiger partial charge in [0.2, 0.25) is 12.6 Å². The lowest BCUT2D eigenvalue weighted by Gasteiger charge is -2.38. The summed E-state index contributed by atoms with van der Waals surface area (Å²) in [6.45, 7) is 5.70. The minimum atomic E-state index is -2.10. The second kappa shape index (κ2) is 5.09. The first-order valence-corrected chi connectivity index (χ1v) is 8.23. The predicted molar refractivity (Wildman–Crippen MR) is 88.4 cm³/mol. The zero-order chi connectivity index (χ0) is 18.0. The Hall–Kier alpha value is -2.31. The lowest BCUT2D eigenvalue weighted by Crippen LogP contribution is -2.56. The number of carbonyl (C=O) groups excluding carboxylic acids is 1. The number of ether oxygens (including phenoxy) is 2. The van der Waals surface area contributed by atoms with Gasteiger partial charge in [-0.15, -0.1) is 6.58 Å². The summed E-state index contributed by atoms with van der Waals surface area (Å²) in [5, 5.41) is 32.3. The summed E-state index contributed by atoms with van der Waals surface area (Å²) >= 11 is 0. The number of aliphatic hydroxyl groups excluding tert-OH is 2. The van der Waals surface area contributed by atoms with E-state index in [-0.39, 0.29) is 12.7 Å². The number of fused-ring (bicyclic) bond motifs is 3. The predicted octanol–water partition coefficient (Wildman–Crippen LogP) is 1.83. The van der Waals surface area contributed by atoms with Crippen LogP contribution in [0.1, 0.15) is 24.8 Å². The van der Waals surface area contributed by atoms with Crippen molar-refractivity contribution in [2.45, 2.75) is 31.0 Å². The van der Waals surface area contributed by atoms with E-state index in [2.05, 4.69) is 6.58 Å². The normalized spacial score (nSPS) is 38.6. The SMILES string of the molecule is C=CC[C@]12C=C(O)C(=O)[C@](O)(C1O)[C@H](c1ccc3c(c1)OCO3)[C@H]2C. The van der Waals surface area contributed by atoms with Crippen LogP contribution in [-0.4, -0.2) is 39.6 Å². The fourth-order valence-corrected chi connectivity index (χ4v) is 4.78. The highest BCUT2D eigenvalue weighted by molar-refractivity contribution is 6.03. The van der Waals surface area contributed by atoms with Crippen molar-refractivity contribution in [2.75, 3.05) is 6.79 Å². The largest absolute Gasteiger partial charge is 0.505 e. The molecule has 0 saturated heterocycles. The van der Waals surface area contributed by atoms with Crippen LogP contribution in [0.25, 0.3) is 0 Å². The van der Waals surface area contributed by atoms with E-state index >= 15 is 0 Å². The van der Waals surface area contributed by atoms with Crippen molar-refractivity contribution in [1.29, 1.82) is 0 Å². The van der Waals surface area contributed by atoms with Crippen LogP contribution in [0.5, 0.6) is 11.5 Å². The van der Waals surface area contributed by atoms with Gasteiger partial charge in [0, 0.05) is 11.3 Å². The molecule has 1 aliphatic heterocycles. The number of aliphatic hydroxyl groups is 3. The molecule has 1 heterocycles. The third-order valence-electron chi connectivity index (χ3n) is 6.00. The first kappa shape index (κ1) is 16.2. The van der Waals surface area contributed by atoms with Gasteiger partial charge < -0.3 is 24.8 Å². The van der Waals surface area contributed by atoms with E-state index < -0.39 is 34.6 Å². The van der Waals surface area contributed by atoms with E-state index in [1.54, 1.807) is 24.3 Å². The number of ketones is 1. The van der Waals surface area contributed by atoms with E-state index in [1.165, 1.54) is 6.08 Å². The highest BCUT2D eigenvalue weighted by Gasteiger charge is 2.71. The van der Waals surface area contributed by atoms with E-state index in [0.717, 1.165) is 0 Å². The molecule has 2 aliphatic carbocycles. The maximum Gasteiger partial charge on any atom is 0.231 e. The molecule has 6 heteroatoms. The number of rotatable bonds is 3. The van der Waals surface area contributed by atoms with Gasteiger partial charge in [-0.1, -0.05) is 19.1 Å². The average molecular weight is 344 g/mol. The monoisotopic (exact) mass is 344 g/mol. The van der Waals surface area contributed by atoms with Crippen LogP contribution >= 0.6 is 0 Å². The first-order valence-electron chi connectivity index (χ1n) is 8.23. The van der Waals surface area contributed by atoms with Gasteiger partial charge in [0.1, 0.15) is 6.10 Å². The molecule has 1 fully saturated rings. The van der Waals surface area contributed by atoms with Gasteiger partial charge in [-0.05, 0) is 36.1 Å². The van der Waals surface area contributed by atoms with E-state index in [9.17, 15) is 20.1 Å². The molecule has 25 heavy (non-hydrogen) atoms. The fourth-order valence-electron chi connectivity index (χ4n) is 4.78. The smallest absolute Gasteiger partial charge is 0.231 e. The van der Waals surface area contributed by atoms with Gasteiger partial charge in [0.25, 0.3) is 0 Å². The molecule has 0 aromatic heterocycles. The van der Waals surface area contributed by atoms with Crippen molar-refractivity contribution in [2.24, 2.45) is 11.3 Å². The summed E-state index contributed by atoms with van der Waals surface area (Å²) in [4.78, 5) is 12.6. The zero-order valence-corrected chi connectivity index (χ0v) is 13.8. The van der Waals surface area contributed by atoms with Gasteiger partial charge in [-0.3, -0.25) is 4.79 Å². The summed E-state index contributed by atoms with van der Waals surface area (Å²) in [6, 6.07) is 5.20. The van der Waals surface area contributed by atoms with Crippen molar-refractivity contribution >= 4 is 5.78 Å². The van der Waals surface area contributed by atoms with Gasteiger partial charge >= 0.3 is 0 Å². The molecule has 3 aliphatic rings. The van der Waals surface area contributed by atoms with Gasteiger partial charge in [0.15, 0.2) is 22.9 Å². The Morgan fingerprint density at radius 3 is 2.80 bits per heavy atom. The van der Waals surface area contributed by atoms with Crippen LogP contribution in [0.3, 0.4) is 0 Å². The second-order valence-corrected chi connectivity index (χ2v) is 7.07. The van der Waals surface area contributed by atoms with Crippen LogP contribution < -0.4 is 9.47 Å². The van der Waals surface area contributed by atoms with Crippen LogP contribution in [0.4, 0.5) is 0 Å². The van der Waals surface area contributed by atoms with Crippen molar-refractivity contribution in [1.82, 2.24) is 0 Å². The van der Waals surface area contributed by atoms with Crippen molar-refractivity contribution in [3.05, 3.63) is 48.3 Å². The Bertz CT molecular complexity index is 799. The number of carbonyl (C=O) groups is 1. The third-order valence-corrected chi connectivity index (χ3v) is 6.00. The molecule has 1 unspecified atom stereocenters. The molecule has 6 nitrogen and oxygen atoms in total. The van der Waals surface area contributed by atoms with E-state index in [0.29, 0.717) is 23.5 Å². The Kier molecular flexibility index (Phi) is 3.30. The average Bonchev–Trinajstić information content (AvgIpc) is 3.09. The number of hydrogen-bond donors (Lipinski definition) is 3. The van der Waals surface area contributed by atoms with Gasteiger partial charge in [0.05, 0.1) is 0 Å². The molecule has 2 bridgehead atoms.